The zero-order chi connectivity index (χ0) is 18.3. The molecule has 1 N–H and O–H groups in total. The number of hydrogen-bond donors (Lipinski definition) is 1. The van der Waals surface area contributed by atoms with Crippen molar-refractivity contribution in [2.75, 3.05) is 5.32 Å². The Kier molecular flexibility index (Phi) is 4.29. The van der Waals surface area contributed by atoms with E-state index in [4.69, 9.17) is 11.6 Å². The highest BCUT2D eigenvalue weighted by Crippen LogP contribution is 2.35. The minimum atomic E-state index is -0.156. The molecule has 0 bridgehead atoms. The van der Waals surface area contributed by atoms with Crippen LogP contribution in [-0.4, -0.2) is 16.3 Å². The highest BCUT2D eigenvalue weighted by molar-refractivity contribution is 6.31. The van der Waals surface area contributed by atoms with Gasteiger partial charge < -0.3 is 9.88 Å². The maximum atomic E-state index is 12.6. The molecule has 2 aromatic carbocycles. The first-order chi connectivity index (χ1) is 12.5. The standard InChI is InChI=1S/C21H19ClN2O2/c1-13-6-9-15(10-18(13)22)23-20(25)12-24-11-17(21(26)14-7-8-14)16-4-2-3-5-19(16)24/h2-6,9-11,14H,7-8,12H2,1H3,(H,23,25). The van der Waals surface area contributed by atoms with Crippen LogP contribution in [0.4, 0.5) is 5.69 Å². The van der Waals surface area contributed by atoms with Crippen molar-refractivity contribution in [3.63, 3.8) is 0 Å². The largest absolute Gasteiger partial charge is 0.337 e. The van der Waals surface area contributed by atoms with Gasteiger partial charge in [-0.1, -0.05) is 35.9 Å². The smallest absolute Gasteiger partial charge is 0.244 e. The van der Waals surface area contributed by atoms with Crippen molar-refractivity contribution in [1.82, 2.24) is 4.57 Å². The lowest BCUT2D eigenvalue weighted by molar-refractivity contribution is -0.116. The molecular weight excluding hydrogens is 348 g/mol. The summed E-state index contributed by atoms with van der Waals surface area (Å²) in [5, 5.41) is 4.40. The van der Waals surface area contributed by atoms with Crippen molar-refractivity contribution >= 4 is 39.9 Å². The lowest BCUT2D eigenvalue weighted by Crippen LogP contribution is -2.18. The molecule has 1 aliphatic carbocycles. The number of rotatable bonds is 5. The minimum Gasteiger partial charge on any atom is -0.337 e. The number of aryl methyl sites for hydroxylation is 1. The predicted molar refractivity (Wildman–Crippen MR) is 104 cm³/mol. The molecule has 3 aromatic rings. The predicted octanol–water partition coefficient (Wildman–Crippen LogP) is 4.83. The normalized spacial score (nSPS) is 13.8. The summed E-state index contributed by atoms with van der Waals surface area (Å²) in [4.78, 5) is 25.0. The van der Waals surface area contributed by atoms with E-state index in [1.54, 1.807) is 6.07 Å². The monoisotopic (exact) mass is 366 g/mol. The zero-order valence-electron chi connectivity index (χ0n) is 14.5. The summed E-state index contributed by atoms with van der Waals surface area (Å²) in [6, 6.07) is 13.2. The molecule has 1 fully saturated rings. The number of hydrogen-bond acceptors (Lipinski definition) is 2. The van der Waals surface area contributed by atoms with E-state index in [1.165, 1.54) is 0 Å². The first-order valence-electron chi connectivity index (χ1n) is 8.71. The van der Waals surface area contributed by atoms with Gasteiger partial charge in [-0.15, -0.1) is 0 Å². The van der Waals surface area contributed by atoms with Crippen LogP contribution >= 0.6 is 11.6 Å². The fourth-order valence-corrected chi connectivity index (χ4v) is 3.35. The Labute approximate surface area is 156 Å². The van der Waals surface area contributed by atoms with Gasteiger partial charge in [0.05, 0.1) is 0 Å². The molecule has 0 spiro atoms. The molecule has 1 heterocycles. The van der Waals surface area contributed by atoms with Crippen LogP contribution in [0.5, 0.6) is 0 Å². The van der Waals surface area contributed by atoms with Crippen LogP contribution in [0.1, 0.15) is 28.8 Å². The van der Waals surface area contributed by atoms with E-state index in [1.807, 2.05) is 54.1 Å². The number of carbonyl (C=O) groups is 2. The number of amides is 1. The van der Waals surface area contributed by atoms with Gasteiger partial charge in [0.15, 0.2) is 5.78 Å². The van der Waals surface area contributed by atoms with Gasteiger partial charge in [0.25, 0.3) is 0 Å². The molecule has 4 rings (SSSR count). The van der Waals surface area contributed by atoms with Crippen LogP contribution in [-0.2, 0) is 11.3 Å². The number of nitrogens with one attached hydrogen (secondary N) is 1. The van der Waals surface area contributed by atoms with Gasteiger partial charge in [0.1, 0.15) is 6.54 Å². The quantitative estimate of drug-likeness (QED) is 0.657. The number of halogens is 1. The molecule has 4 nitrogen and oxygen atoms in total. The third kappa shape index (κ3) is 3.25. The second kappa shape index (κ2) is 6.61. The summed E-state index contributed by atoms with van der Waals surface area (Å²) in [6.07, 6.45) is 3.74. The third-order valence-corrected chi connectivity index (χ3v) is 5.18. The van der Waals surface area contributed by atoms with Crippen LogP contribution in [0.3, 0.4) is 0 Å². The summed E-state index contributed by atoms with van der Waals surface area (Å²) in [5.74, 6) is 0.180. The van der Waals surface area contributed by atoms with Crippen LogP contribution in [0, 0.1) is 12.8 Å². The van der Waals surface area contributed by atoms with Gasteiger partial charge in [0, 0.05) is 39.3 Å². The number of benzene rings is 2. The molecule has 1 aromatic heterocycles. The molecule has 132 valence electrons. The fourth-order valence-electron chi connectivity index (χ4n) is 3.17. The van der Waals surface area contributed by atoms with E-state index >= 15 is 0 Å². The highest BCUT2D eigenvalue weighted by Gasteiger charge is 2.32. The topological polar surface area (TPSA) is 51.1 Å². The number of ketones is 1. The molecule has 0 saturated heterocycles. The summed E-state index contributed by atoms with van der Waals surface area (Å²) in [7, 11) is 0. The Morgan fingerprint density at radius 3 is 2.69 bits per heavy atom. The Hall–Kier alpha value is -2.59. The number of carbonyl (C=O) groups excluding carboxylic acids is 2. The molecular formula is C21H19ClN2O2. The van der Waals surface area contributed by atoms with Crippen molar-refractivity contribution in [2.45, 2.75) is 26.3 Å². The first-order valence-corrected chi connectivity index (χ1v) is 9.09. The minimum absolute atomic E-state index is 0.143. The summed E-state index contributed by atoms with van der Waals surface area (Å²) in [6.45, 7) is 2.06. The average Bonchev–Trinajstić information content (AvgIpc) is 3.41. The van der Waals surface area contributed by atoms with Crippen LogP contribution < -0.4 is 5.32 Å². The van der Waals surface area contributed by atoms with Crippen LogP contribution in [0.2, 0.25) is 5.02 Å². The summed E-state index contributed by atoms with van der Waals surface area (Å²) < 4.78 is 1.84. The lowest BCUT2D eigenvalue weighted by atomic mass is 10.1. The number of nitrogens with zero attached hydrogens (tertiary/aromatic N) is 1. The van der Waals surface area contributed by atoms with Gasteiger partial charge >= 0.3 is 0 Å². The molecule has 1 saturated carbocycles. The Bertz CT molecular complexity index is 1020. The molecule has 1 aliphatic rings. The molecule has 1 amide bonds. The molecule has 26 heavy (non-hydrogen) atoms. The number of para-hydroxylation sites is 1. The van der Waals surface area contributed by atoms with Crippen LogP contribution in [0.15, 0.2) is 48.7 Å². The second-order valence-corrected chi connectivity index (χ2v) is 7.25. The Morgan fingerprint density at radius 1 is 1.19 bits per heavy atom. The van der Waals surface area contributed by atoms with Crippen LogP contribution in [0.25, 0.3) is 10.9 Å². The SMILES string of the molecule is Cc1ccc(NC(=O)Cn2cc(C(=O)C3CC3)c3ccccc32)cc1Cl. The number of anilines is 1. The van der Waals surface area contributed by atoms with Gasteiger partial charge in [0.2, 0.25) is 5.91 Å². The molecule has 0 unspecified atom stereocenters. The van der Waals surface area contributed by atoms with E-state index in [-0.39, 0.29) is 24.2 Å². The summed E-state index contributed by atoms with van der Waals surface area (Å²) in [5.41, 5.74) is 3.24. The van der Waals surface area contributed by atoms with Crippen molar-refractivity contribution in [1.29, 1.82) is 0 Å². The number of fused-ring (bicyclic) bond motifs is 1. The molecule has 0 radical (unpaired) electrons. The Morgan fingerprint density at radius 2 is 1.96 bits per heavy atom. The molecule has 5 heteroatoms. The zero-order valence-corrected chi connectivity index (χ0v) is 15.2. The first kappa shape index (κ1) is 16.9. The van der Waals surface area contributed by atoms with E-state index in [0.717, 1.165) is 29.3 Å². The highest BCUT2D eigenvalue weighted by atomic mass is 35.5. The van der Waals surface area contributed by atoms with Crippen molar-refractivity contribution in [2.24, 2.45) is 5.92 Å². The summed E-state index contributed by atoms with van der Waals surface area (Å²) >= 11 is 6.12. The maximum Gasteiger partial charge on any atom is 0.244 e. The van der Waals surface area contributed by atoms with E-state index in [9.17, 15) is 9.59 Å². The molecule has 0 atom stereocenters. The van der Waals surface area contributed by atoms with Crippen molar-refractivity contribution < 1.29 is 9.59 Å². The third-order valence-electron chi connectivity index (χ3n) is 4.77. The maximum absolute atomic E-state index is 12.6. The Balaban J connectivity index is 1.59. The number of Topliss-reactive ketones (excluding diaryl/α,β-unsaturated/α-hetero) is 1. The van der Waals surface area contributed by atoms with Crippen molar-refractivity contribution in [3.05, 3.63) is 64.8 Å². The van der Waals surface area contributed by atoms with Gasteiger partial charge in [-0.25, -0.2) is 0 Å². The van der Waals surface area contributed by atoms with E-state index in [0.29, 0.717) is 16.3 Å². The van der Waals surface area contributed by atoms with Gasteiger partial charge in [-0.3, -0.25) is 9.59 Å². The van der Waals surface area contributed by atoms with Gasteiger partial charge in [-0.05, 0) is 43.5 Å². The number of aromatic nitrogens is 1. The molecule has 0 aliphatic heterocycles. The van der Waals surface area contributed by atoms with Crippen molar-refractivity contribution in [3.8, 4) is 0 Å². The fraction of sp³-hybridized carbons (Fsp3) is 0.238. The average molecular weight is 367 g/mol. The lowest BCUT2D eigenvalue weighted by Gasteiger charge is -2.08. The van der Waals surface area contributed by atoms with E-state index < -0.39 is 0 Å². The van der Waals surface area contributed by atoms with Gasteiger partial charge in [-0.2, -0.15) is 0 Å². The second-order valence-electron chi connectivity index (χ2n) is 6.84. The van der Waals surface area contributed by atoms with E-state index in [2.05, 4.69) is 5.32 Å².